The van der Waals surface area contributed by atoms with Crippen molar-refractivity contribution in [3.63, 3.8) is 0 Å². The molecule has 1 aliphatic rings. The molecule has 1 aliphatic heterocycles. The number of ether oxygens (including phenoxy) is 1. The van der Waals surface area contributed by atoms with Crippen molar-refractivity contribution in [2.45, 2.75) is 52.6 Å². The predicted octanol–water partition coefficient (Wildman–Crippen LogP) is 5.41. The van der Waals surface area contributed by atoms with Gasteiger partial charge in [-0.2, -0.15) is 0 Å². The summed E-state index contributed by atoms with van der Waals surface area (Å²) < 4.78 is 5.66. The van der Waals surface area contributed by atoms with E-state index < -0.39 is 0 Å². The molecule has 134 valence electrons. The van der Waals surface area contributed by atoms with Gasteiger partial charge in [-0.05, 0) is 56.4 Å². The van der Waals surface area contributed by atoms with Crippen molar-refractivity contribution in [3.8, 4) is 0 Å². The molecule has 0 aliphatic carbocycles. The summed E-state index contributed by atoms with van der Waals surface area (Å²) in [7, 11) is 1.76. The van der Waals surface area contributed by atoms with Gasteiger partial charge >= 0.3 is 5.97 Å². The number of nitrogens with zero attached hydrogens (tertiary/aromatic N) is 1. The van der Waals surface area contributed by atoms with Gasteiger partial charge in [0, 0.05) is 30.6 Å². The Morgan fingerprint density at radius 1 is 1.16 bits per heavy atom. The number of rotatable bonds is 0. The molecule has 0 aromatic heterocycles. The number of esters is 1. The maximum absolute atomic E-state index is 12.8. The molecule has 1 aromatic rings. The summed E-state index contributed by atoms with van der Waals surface area (Å²) >= 11 is 6.56. The van der Waals surface area contributed by atoms with Crippen LogP contribution >= 0.6 is 11.6 Å². The Morgan fingerprint density at radius 3 is 2.60 bits per heavy atom. The fourth-order valence-electron chi connectivity index (χ4n) is 3.00. The number of hydrogen-bond acceptors (Lipinski definition) is 3. The Hall–Kier alpha value is -1.87. The molecule has 0 unspecified atom stereocenters. The summed E-state index contributed by atoms with van der Waals surface area (Å²) in [6, 6.07) is 1.94. The van der Waals surface area contributed by atoms with Crippen LogP contribution in [0.5, 0.6) is 0 Å². The molecule has 1 aromatic carbocycles. The molecular weight excluding hydrogens is 334 g/mol. The van der Waals surface area contributed by atoms with Crippen LogP contribution in [0.3, 0.4) is 0 Å². The second-order valence-corrected chi connectivity index (χ2v) is 6.85. The first-order valence-electron chi connectivity index (χ1n) is 8.70. The molecule has 3 nitrogen and oxygen atoms in total. The fraction of sp³-hybridized carbons (Fsp3) is 0.429. The number of allylic oxidation sites excluding steroid dienone is 3. The Bertz CT molecular complexity index is 732. The Kier molecular flexibility index (Phi) is 7.01. The van der Waals surface area contributed by atoms with Gasteiger partial charge < -0.3 is 4.74 Å². The van der Waals surface area contributed by atoms with E-state index in [1.165, 1.54) is 0 Å². The van der Waals surface area contributed by atoms with Crippen LogP contribution in [0.15, 0.2) is 35.4 Å². The lowest BCUT2D eigenvalue weighted by Crippen LogP contribution is -2.19. The summed E-state index contributed by atoms with van der Waals surface area (Å²) in [6.45, 7) is 5.80. The van der Waals surface area contributed by atoms with Gasteiger partial charge in [-0.1, -0.05) is 35.9 Å². The van der Waals surface area contributed by atoms with E-state index in [0.29, 0.717) is 23.4 Å². The molecule has 0 bridgehead atoms. The third kappa shape index (κ3) is 5.05. The number of benzene rings is 1. The summed E-state index contributed by atoms with van der Waals surface area (Å²) in [5, 5.41) is 0.617. The van der Waals surface area contributed by atoms with Crippen LogP contribution in [0, 0.1) is 13.8 Å². The Morgan fingerprint density at radius 2 is 1.88 bits per heavy atom. The summed E-state index contributed by atoms with van der Waals surface area (Å²) in [5.74, 6) is -0.313. The van der Waals surface area contributed by atoms with Crippen molar-refractivity contribution in [1.29, 1.82) is 0 Å². The number of cyclic esters (lactones) is 1. The van der Waals surface area contributed by atoms with Crippen molar-refractivity contribution in [1.82, 2.24) is 0 Å². The lowest BCUT2D eigenvalue weighted by molar-refractivity contribution is 0.0346. The molecule has 0 saturated heterocycles. The minimum absolute atomic E-state index is 0.172. The highest BCUT2D eigenvalue weighted by atomic mass is 35.5. The van der Waals surface area contributed by atoms with Gasteiger partial charge in [0.25, 0.3) is 0 Å². The Balaban J connectivity index is 2.54. The van der Waals surface area contributed by atoms with E-state index in [2.05, 4.69) is 23.2 Å². The number of carbonyl (C=O) groups excluding carboxylic acids is 1. The Labute approximate surface area is 155 Å². The molecule has 1 atom stereocenters. The number of aryl methyl sites for hydroxylation is 2. The monoisotopic (exact) mass is 359 g/mol. The maximum atomic E-state index is 12.8. The first-order valence-corrected chi connectivity index (χ1v) is 9.08. The molecule has 0 fully saturated rings. The molecule has 0 radical (unpaired) electrons. The zero-order valence-electron chi connectivity index (χ0n) is 15.4. The van der Waals surface area contributed by atoms with Crippen molar-refractivity contribution < 1.29 is 9.53 Å². The van der Waals surface area contributed by atoms with Gasteiger partial charge in [-0.3, -0.25) is 4.99 Å². The summed E-state index contributed by atoms with van der Waals surface area (Å²) in [4.78, 5) is 17.2. The third-order valence-electron chi connectivity index (χ3n) is 4.34. The molecule has 0 N–H and O–H groups in total. The minimum atomic E-state index is -0.313. The van der Waals surface area contributed by atoms with Crippen LogP contribution in [-0.4, -0.2) is 24.8 Å². The minimum Gasteiger partial charge on any atom is -0.459 e. The molecule has 0 amide bonds. The average molecular weight is 360 g/mol. The second-order valence-electron chi connectivity index (χ2n) is 6.47. The highest BCUT2D eigenvalue weighted by molar-refractivity contribution is 6.33. The first kappa shape index (κ1) is 19.5. The normalized spacial score (nSPS) is 23.5. The second kappa shape index (κ2) is 9.00. The number of fused-ring (bicyclic) bond motifs is 1. The van der Waals surface area contributed by atoms with Crippen LogP contribution in [0.1, 0.15) is 53.2 Å². The number of aliphatic imine (C=N–C) groups is 1. The summed E-state index contributed by atoms with van der Waals surface area (Å²) in [5.41, 5.74) is 4.11. The third-order valence-corrected chi connectivity index (χ3v) is 4.87. The number of halogens is 1. The van der Waals surface area contributed by atoms with Crippen molar-refractivity contribution in [2.75, 3.05) is 7.05 Å². The number of hydrogen-bond donors (Lipinski definition) is 0. The fourth-order valence-corrected chi connectivity index (χ4v) is 3.21. The maximum Gasteiger partial charge on any atom is 0.339 e. The van der Waals surface area contributed by atoms with Crippen LogP contribution in [0.2, 0.25) is 5.02 Å². The zero-order chi connectivity index (χ0) is 18.4. The zero-order valence-corrected chi connectivity index (χ0v) is 16.2. The SMILES string of the molecule is CN=C1/C=C/CC/C=C/C[C@@H](C)OC(=O)c2c(C)cc(C)c(Cl)c2C1. The van der Waals surface area contributed by atoms with Crippen LogP contribution in [0.25, 0.3) is 0 Å². The van der Waals surface area contributed by atoms with Gasteiger partial charge in [0.2, 0.25) is 0 Å². The van der Waals surface area contributed by atoms with E-state index in [4.69, 9.17) is 16.3 Å². The average Bonchev–Trinajstić information content (AvgIpc) is 2.56. The molecule has 25 heavy (non-hydrogen) atoms. The predicted molar refractivity (Wildman–Crippen MR) is 105 cm³/mol. The highest BCUT2D eigenvalue weighted by Crippen LogP contribution is 2.29. The van der Waals surface area contributed by atoms with Crippen molar-refractivity contribution in [2.24, 2.45) is 4.99 Å². The van der Waals surface area contributed by atoms with Gasteiger partial charge in [-0.25, -0.2) is 4.79 Å². The lowest BCUT2D eigenvalue weighted by atomic mass is 9.94. The van der Waals surface area contributed by atoms with E-state index in [0.717, 1.165) is 35.2 Å². The summed E-state index contributed by atoms with van der Waals surface area (Å²) in [6.07, 6.45) is 11.3. The van der Waals surface area contributed by atoms with Crippen LogP contribution in [0.4, 0.5) is 0 Å². The van der Waals surface area contributed by atoms with Crippen molar-refractivity contribution in [3.05, 3.63) is 57.6 Å². The topological polar surface area (TPSA) is 38.7 Å². The van der Waals surface area contributed by atoms with Gasteiger partial charge in [0.1, 0.15) is 6.10 Å². The van der Waals surface area contributed by atoms with Gasteiger partial charge in [-0.15, -0.1) is 0 Å². The highest BCUT2D eigenvalue weighted by Gasteiger charge is 2.22. The van der Waals surface area contributed by atoms with E-state index in [1.807, 2.05) is 32.9 Å². The van der Waals surface area contributed by atoms with E-state index in [9.17, 15) is 4.79 Å². The largest absolute Gasteiger partial charge is 0.459 e. The number of carbonyl (C=O) groups is 1. The molecule has 0 spiro atoms. The molecule has 4 heteroatoms. The standard InChI is InChI=1S/C21H26ClNO2/c1-14-12-15(2)20(22)18-13-17(23-4)11-9-7-5-6-8-10-16(3)25-21(24)19(14)18/h6,8-9,11-12,16H,5,7,10,13H2,1-4H3/b8-6+,11-9+,23-17?/t16-/m1/s1. The van der Waals surface area contributed by atoms with Crippen molar-refractivity contribution >= 4 is 23.3 Å². The quantitative estimate of drug-likeness (QED) is 0.458. The molecule has 0 saturated carbocycles. The first-order chi connectivity index (χ1) is 11.9. The van der Waals surface area contributed by atoms with E-state index >= 15 is 0 Å². The van der Waals surface area contributed by atoms with Gasteiger partial charge in [0.15, 0.2) is 0 Å². The van der Waals surface area contributed by atoms with E-state index in [1.54, 1.807) is 7.05 Å². The molecular formula is C21H26ClNO2. The lowest BCUT2D eigenvalue weighted by Gasteiger charge is -2.18. The van der Waals surface area contributed by atoms with E-state index in [-0.39, 0.29) is 12.1 Å². The molecule has 1 heterocycles. The van der Waals surface area contributed by atoms with Gasteiger partial charge in [0.05, 0.1) is 5.56 Å². The molecule has 2 rings (SSSR count). The van der Waals surface area contributed by atoms with Crippen LogP contribution in [-0.2, 0) is 11.2 Å². The smallest absolute Gasteiger partial charge is 0.339 e. The van der Waals surface area contributed by atoms with Crippen LogP contribution < -0.4 is 0 Å².